The quantitative estimate of drug-likeness (QED) is 0.771. The van der Waals surface area contributed by atoms with Crippen molar-refractivity contribution in [3.05, 3.63) is 35.9 Å². The van der Waals surface area contributed by atoms with E-state index in [-0.39, 0.29) is 29.8 Å². The molecule has 6 nitrogen and oxygen atoms in total. The summed E-state index contributed by atoms with van der Waals surface area (Å²) < 4.78 is 27.3. The van der Waals surface area contributed by atoms with Gasteiger partial charge in [-0.2, -0.15) is 17.0 Å². The fourth-order valence-electron chi connectivity index (χ4n) is 3.78. The van der Waals surface area contributed by atoms with E-state index in [1.807, 2.05) is 25.1 Å². The van der Waals surface area contributed by atoms with Gasteiger partial charge < -0.3 is 5.32 Å². The number of hydrogen-bond donors (Lipinski definition) is 1. The normalized spacial score (nSPS) is 20.4. The van der Waals surface area contributed by atoms with Gasteiger partial charge in [0.1, 0.15) is 0 Å². The summed E-state index contributed by atoms with van der Waals surface area (Å²) in [5.74, 6) is -0.346. The summed E-state index contributed by atoms with van der Waals surface area (Å²) in [4.78, 5) is 12.7. The zero-order valence-corrected chi connectivity index (χ0v) is 17.9. The first-order valence-corrected chi connectivity index (χ1v) is 11.0. The molecule has 1 heterocycles. The van der Waals surface area contributed by atoms with Crippen LogP contribution in [0, 0.1) is 5.92 Å². The standard InChI is InChI=1S/C20H33N3O3S/c1-16(14-20(2,3)18-11-7-6-8-12-18)21-19(24)17-10-9-13-23(15-17)27(25,26)22(4)5/h6-8,11-12,16-17H,9-10,13-15H2,1-5H3,(H,21,24)/t16-,17+/m0/s1. The van der Waals surface area contributed by atoms with Crippen molar-refractivity contribution < 1.29 is 13.2 Å². The molecule has 0 bridgehead atoms. The molecule has 1 aromatic rings. The highest BCUT2D eigenvalue weighted by Gasteiger charge is 2.34. The van der Waals surface area contributed by atoms with Crippen LogP contribution in [0.4, 0.5) is 0 Å². The number of carbonyl (C=O) groups excluding carboxylic acids is 1. The van der Waals surface area contributed by atoms with Crippen LogP contribution in [0.5, 0.6) is 0 Å². The lowest BCUT2D eigenvalue weighted by atomic mass is 9.79. The summed E-state index contributed by atoms with van der Waals surface area (Å²) in [5, 5.41) is 3.10. The van der Waals surface area contributed by atoms with Crippen molar-refractivity contribution in [2.75, 3.05) is 27.2 Å². The minimum Gasteiger partial charge on any atom is -0.353 e. The van der Waals surface area contributed by atoms with Gasteiger partial charge in [0.15, 0.2) is 0 Å². The molecule has 152 valence electrons. The molecule has 2 rings (SSSR count). The number of rotatable bonds is 7. The van der Waals surface area contributed by atoms with E-state index in [0.717, 1.165) is 12.8 Å². The predicted octanol–water partition coefficient (Wildman–Crippen LogP) is 2.38. The molecular formula is C20H33N3O3S. The third-order valence-electron chi connectivity index (χ3n) is 5.30. The highest BCUT2D eigenvalue weighted by molar-refractivity contribution is 7.86. The van der Waals surface area contributed by atoms with E-state index in [0.29, 0.717) is 13.0 Å². The summed E-state index contributed by atoms with van der Waals surface area (Å²) in [6.07, 6.45) is 2.24. The molecule has 1 aliphatic heterocycles. The maximum atomic E-state index is 12.7. The van der Waals surface area contributed by atoms with Gasteiger partial charge >= 0.3 is 0 Å². The van der Waals surface area contributed by atoms with Crippen molar-refractivity contribution in [2.24, 2.45) is 5.92 Å². The number of benzene rings is 1. The van der Waals surface area contributed by atoms with Crippen LogP contribution in [0.2, 0.25) is 0 Å². The van der Waals surface area contributed by atoms with E-state index < -0.39 is 10.2 Å². The lowest BCUT2D eigenvalue weighted by molar-refractivity contribution is -0.126. The summed E-state index contributed by atoms with van der Waals surface area (Å²) in [6, 6.07) is 10.3. The zero-order chi connectivity index (χ0) is 20.2. The second-order valence-electron chi connectivity index (χ2n) is 8.35. The Morgan fingerprint density at radius 1 is 1.30 bits per heavy atom. The number of hydrogen-bond acceptors (Lipinski definition) is 3. The molecule has 0 radical (unpaired) electrons. The van der Waals surface area contributed by atoms with Crippen LogP contribution in [0.1, 0.15) is 45.6 Å². The van der Waals surface area contributed by atoms with Crippen LogP contribution in [0.3, 0.4) is 0 Å². The lowest BCUT2D eigenvalue weighted by Crippen LogP contribution is -2.50. The smallest absolute Gasteiger partial charge is 0.281 e. The molecule has 0 saturated carbocycles. The van der Waals surface area contributed by atoms with E-state index >= 15 is 0 Å². The molecule has 0 unspecified atom stereocenters. The van der Waals surface area contributed by atoms with Gasteiger partial charge in [-0.1, -0.05) is 44.2 Å². The Bertz CT molecular complexity index is 732. The number of amides is 1. The second kappa shape index (κ2) is 8.71. The average molecular weight is 396 g/mol. The van der Waals surface area contributed by atoms with Crippen LogP contribution in [0.25, 0.3) is 0 Å². The Hall–Kier alpha value is -1.44. The van der Waals surface area contributed by atoms with E-state index in [4.69, 9.17) is 0 Å². The SMILES string of the molecule is C[C@@H](CC(C)(C)c1ccccc1)NC(=O)[C@@H]1CCCN(S(=O)(=O)N(C)C)C1. The van der Waals surface area contributed by atoms with Crippen LogP contribution in [-0.4, -0.2) is 56.2 Å². The molecule has 1 N–H and O–H groups in total. The number of piperidine rings is 1. The third-order valence-corrected chi connectivity index (χ3v) is 7.21. The van der Waals surface area contributed by atoms with Crippen molar-refractivity contribution in [2.45, 2.75) is 51.5 Å². The minimum absolute atomic E-state index is 0.00791. The first-order valence-electron chi connectivity index (χ1n) is 9.57. The highest BCUT2D eigenvalue weighted by atomic mass is 32.2. The van der Waals surface area contributed by atoms with Crippen LogP contribution >= 0.6 is 0 Å². The predicted molar refractivity (Wildman–Crippen MR) is 109 cm³/mol. The summed E-state index contributed by atoms with van der Waals surface area (Å²) in [5.41, 5.74) is 1.19. The van der Waals surface area contributed by atoms with E-state index in [1.165, 1.54) is 28.3 Å². The van der Waals surface area contributed by atoms with Gasteiger partial charge in [0, 0.05) is 33.2 Å². The van der Waals surface area contributed by atoms with Gasteiger partial charge in [0.05, 0.1) is 5.92 Å². The Labute approximate surface area is 164 Å². The summed E-state index contributed by atoms with van der Waals surface area (Å²) in [6.45, 7) is 7.09. The van der Waals surface area contributed by atoms with Crippen molar-refractivity contribution in [3.63, 3.8) is 0 Å². The Morgan fingerprint density at radius 3 is 2.52 bits per heavy atom. The maximum absolute atomic E-state index is 12.7. The van der Waals surface area contributed by atoms with Gasteiger partial charge in [-0.15, -0.1) is 0 Å². The van der Waals surface area contributed by atoms with Crippen molar-refractivity contribution in [1.29, 1.82) is 0 Å². The van der Waals surface area contributed by atoms with Crippen LogP contribution in [0.15, 0.2) is 30.3 Å². The molecule has 1 aliphatic rings. The second-order valence-corrected chi connectivity index (χ2v) is 10.5. The molecule has 27 heavy (non-hydrogen) atoms. The summed E-state index contributed by atoms with van der Waals surface area (Å²) >= 11 is 0. The zero-order valence-electron chi connectivity index (χ0n) is 17.1. The molecule has 0 aromatic heterocycles. The van der Waals surface area contributed by atoms with E-state index in [1.54, 1.807) is 0 Å². The van der Waals surface area contributed by atoms with Crippen LogP contribution in [-0.2, 0) is 20.4 Å². The largest absolute Gasteiger partial charge is 0.353 e. The first kappa shape index (κ1) is 21.9. The number of nitrogens with one attached hydrogen (secondary N) is 1. The van der Waals surface area contributed by atoms with Gasteiger partial charge in [-0.05, 0) is 37.2 Å². The molecule has 1 saturated heterocycles. The molecule has 7 heteroatoms. The highest BCUT2D eigenvalue weighted by Crippen LogP contribution is 2.28. The first-order chi connectivity index (χ1) is 12.5. The van der Waals surface area contributed by atoms with Gasteiger partial charge in [-0.25, -0.2) is 0 Å². The molecule has 0 spiro atoms. The monoisotopic (exact) mass is 395 g/mol. The van der Waals surface area contributed by atoms with Crippen molar-refractivity contribution in [1.82, 2.24) is 13.9 Å². The Kier molecular flexibility index (Phi) is 7.05. The fraction of sp³-hybridized carbons (Fsp3) is 0.650. The average Bonchev–Trinajstić information content (AvgIpc) is 2.61. The molecule has 1 aromatic carbocycles. The topological polar surface area (TPSA) is 69.7 Å². The minimum atomic E-state index is -3.47. The van der Waals surface area contributed by atoms with Gasteiger partial charge in [0.2, 0.25) is 5.91 Å². The Morgan fingerprint density at radius 2 is 1.93 bits per heavy atom. The van der Waals surface area contributed by atoms with Crippen molar-refractivity contribution in [3.8, 4) is 0 Å². The fourth-order valence-corrected chi connectivity index (χ4v) is 4.97. The summed E-state index contributed by atoms with van der Waals surface area (Å²) in [7, 11) is -0.432. The molecule has 1 amide bonds. The third kappa shape index (κ3) is 5.53. The van der Waals surface area contributed by atoms with Gasteiger partial charge in [0.25, 0.3) is 10.2 Å². The van der Waals surface area contributed by atoms with E-state index in [2.05, 4.69) is 31.3 Å². The molecule has 0 aliphatic carbocycles. The van der Waals surface area contributed by atoms with E-state index in [9.17, 15) is 13.2 Å². The molecule has 2 atom stereocenters. The number of carbonyl (C=O) groups is 1. The number of nitrogens with zero attached hydrogens (tertiary/aromatic N) is 2. The molecule has 1 fully saturated rings. The van der Waals surface area contributed by atoms with Gasteiger partial charge in [-0.3, -0.25) is 4.79 Å². The molecular weight excluding hydrogens is 362 g/mol. The maximum Gasteiger partial charge on any atom is 0.281 e. The van der Waals surface area contributed by atoms with Crippen LogP contribution < -0.4 is 5.32 Å². The van der Waals surface area contributed by atoms with Crippen molar-refractivity contribution >= 4 is 16.1 Å². The Balaban J connectivity index is 1.96. The lowest BCUT2D eigenvalue weighted by Gasteiger charge is -2.34.